The van der Waals surface area contributed by atoms with E-state index in [-0.39, 0.29) is 11.9 Å². The van der Waals surface area contributed by atoms with Crippen LogP contribution in [0.2, 0.25) is 5.02 Å². The first-order chi connectivity index (χ1) is 15.5. The highest BCUT2D eigenvalue weighted by atomic mass is 35.5. The minimum atomic E-state index is -0.248. The molecule has 1 fully saturated rings. The fourth-order valence-electron chi connectivity index (χ4n) is 4.41. The van der Waals surface area contributed by atoms with Gasteiger partial charge in [-0.2, -0.15) is 5.10 Å². The van der Waals surface area contributed by atoms with Crippen molar-refractivity contribution in [2.45, 2.75) is 32.2 Å². The summed E-state index contributed by atoms with van der Waals surface area (Å²) in [7, 11) is 3.25. The molecule has 0 aliphatic carbocycles. The quantitative estimate of drug-likeness (QED) is 0.629. The Morgan fingerprint density at radius 1 is 1.12 bits per heavy atom. The molecule has 4 rings (SSSR count). The second-order valence-corrected chi connectivity index (χ2v) is 8.96. The summed E-state index contributed by atoms with van der Waals surface area (Å²) < 4.78 is 10.9. The molecule has 1 amide bonds. The van der Waals surface area contributed by atoms with Gasteiger partial charge in [0.1, 0.15) is 11.5 Å². The molecule has 32 heavy (non-hydrogen) atoms. The lowest BCUT2D eigenvalue weighted by Gasteiger charge is -2.31. The van der Waals surface area contributed by atoms with Crippen LogP contribution in [0.4, 0.5) is 0 Å². The maximum Gasteiger partial charge on any atom is 0.257 e. The molecule has 2 aliphatic heterocycles. The Hall–Kier alpha value is -2.57. The van der Waals surface area contributed by atoms with E-state index in [1.807, 2.05) is 42.5 Å². The molecule has 0 spiro atoms. The molecule has 6 nitrogen and oxygen atoms in total. The topological polar surface area (TPSA) is 54.4 Å². The normalized spacial score (nSPS) is 19.7. The summed E-state index contributed by atoms with van der Waals surface area (Å²) in [6, 6.07) is 13.1. The van der Waals surface area contributed by atoms with Crippen LogP contribution < -0.4 is 9.47 Å². The Balaban J connectivity index is 1.64. The molecule has 1 saturated heterocycles. The molecule has 7 heteroatoms. The molecule has 0 saturated carbocycles. The van der Waals surface area contributed by atoms with Gasteiger partial charge < -0.3 is 9.47 Å². The van der Waals surface area contributed by atoms with E-state index in [1.54, 1.807) is 19.2 Å². The zero-order valence-corrected chi connectivity index (χ0v) is 19.6. The molecule has 170 valence electrons. The Labute approximate surface area is 194 Å². The van der Waals surface area contributed by atoms with Crippen molar-refractivity contribution in [2.24, 2.45) is 11.0 Å². The summed E-state index contributed by atoms with van der Waals surface area (Å²) in [5.41, 5.74) is 2.56. The summed E-state index contributed by atoms with van der Waals surface area (Å²) in [6.07, 6.45) is 2.81. The molecular weight excluding hydrogens is 426 g/mol. The molecule has 0 radical (unpaired) electrons. The Bertz CT molecular complexity index is 1000. The number of carbonyl (C=O) groups is 1. The number of carbonyl (C=O) groups excluding carboxylic acids is 1. The number of hydrazone groups is 1. The number of ether oxygens (including phenoxy) is 2. The van der Waals surface area contributed by atoms with Crippen LogP contribution in [0.1, 0.15) is 43.4 Å². The third-order valence-electron chi connectivity index (χ3n) is 6.38. The van der Waals surface area contributed by atoms with Crippen LogP contribution in [0.5, 0.6) is 11.5 Å². The Morgan fingerprint density at radius 2 is 1.88 bits per heavy atom. The van der Waals surface area contributed by atoms with Gasteiger partial charge >= 0.3 is 0 Å². The van der Waals surface area contributed by atoms with Crippen LogP contribution in [0.25, 0.3) is 0 Å². The first kappa shape index (κ1) is 22.6. The molecule has 1 atom stereocenters. The highest BCUT2D eigenvalue weighted by molar-refractivity contribution is 6.31. The van der Waals surface area contributed by atoms with Gasteiger partial charge in [0, 0.05) is 23.1 Å². The maximum absolute atomic E-state index is 13.4. The van der Waals surface area contributed by atoms with Gasteiger partial charge in [-0.15, -0.1) is 0 Å². The predicted molar refractivity (Wildman–Crippen MR) is 127 cm³/mol. The number of halogens is 1. The number of benzene rings is 2. The number of amides is 1. The van der Waals surface area contributed by atoms with E-state index in [4.69, 9.17) is 26.2 Å². The van der Waals surface area contributed by atoms with Gasteiger partial charge in [-0.3, -0.25) is 9.69 Å². The lowest BCUT2D eigenvalue weighted by Crippen LogP contribution is -2.41. The van der Waals surface area contributed by atoms with Crippen molar-refractivity contribution < 1.29 is 14.3 Å². The number of hydrogen-bond donors (Lipinski definition) is 0. The number of piperidine rings is 1. The molecule has 0 unspecified atom stereocenters. The molecule has 2 aromatic carbocycles. The molecular formula is C25H30ClN3O3. The Kier molecular flexibility index (Phi) is 7.01. The van der Waals surface area contributed by atoms with E-state index in [9.17, 15) is 4.79 Å². The van der Waals surface area contributed by atoms with Crippen molar-refractivity contribution in [2.75, 3.05) is 33.9 Å². The molecule has 2 aromatic rings. The minimum Gasteiger partial charge on any atom is -0.497 e. The van der Waals surface area contributed by atoms with Gasteiger partial charge in [0.2, 0.25) is 0 Å². The number of likely N-dealkylation sites (tertiary alicyclic amines) is 1. The van der Waals surface area contributed by atoms with Crippen LogP contribution >= 0.6 is 11.6 Å². The SMILES string of the molecule is COc1ccc(C2=NN(C(=O)CN3CCC(C)CC3)[C@@H](c3ccccc3Cl)C2)c(OC)c1. The van der Waals surface area contributed by atoms with Crippen LogP contribution in [-0.2, 0) is 4.79 Å². The van der Waals surface area contributed by atoms with Gasteiger partial charge in [-0.1, -0.05) is 36.7 Å². The van der Waals surface area contributed by atoms with E-state index >= 15 is 0 Å². The first-order valence-electron chi connectivity index (χ1n) is 11.1. The van der Waals surface area contributed by atoms with E-state index in [0.717, 1.165) is 48.7 Å². The summed E-state index contributed by atoms with van der Waals surface area (Å²) in [5.74, 6) is 2.09. The molecule has 2 heterocycles. The minimum absolute atomic E-state index is 0.00745. The standard InChI is InChI=1S/C25H30ClN3O3/c1-17-10-12-28(13-11-17)16-25(30)29-23(19-6-4-5-7-21(19)26)15-22(27-29)20-9-8-18(31-2)14-24(20)32-3/h4-9,14,17,23H,10-13,15-16H2,1-3H3/t23-/m1/s1. The van der Waals surface area contributed by atoms with Crippen LogP contribution in [0.15, 0.2) is 47.6 Å². The second kappa shape index (κ2) is 9.92. The fourth-order valence-corrected chi connectivity index (χ4v) is 4.67. The third-order valence-corrected chi connectivity index (χ3v) is 6.73. The molecule has 0 bridgehead atoms. The number of hydrogen-bond acceptors (Lipinski definition) is 5. The smallest absolute Gasteiger partial charge is 0.257 e. The number of nitrogens with zero attached hydrogens (tertiary/aromatic N) is 3. The van der Waals surface area contributed by atoms with Gasteiger partial charge in [-0.25, -0.2) is 5.01 Å². The molecule has 0 N–H and O–H groups in total. The zero-order chi connectivity index (χ0) is 22.7. The Morgan fingerprint density at radius 3 is 2.56 bits per heavy atom. The van der Waals surface area contributed by atoms with E-state index in [0.29, 0.717) is 29.5 Å². The van der Waals surface area contributed by atoms with Crippen molar-refractivity contribution in [3.63, 3.8) is 0 Å². The first-order valence-corrected chi connectivity index (χ1v) is 11.5. The highest BCUT2D eigenvalue weighted by Crippen LogP contribution is 2.38. The van der Waals surface area contributed by atoms with Crippen LogP contribution in [-0.4, -0.2) is 55.4 Å². The zero-order valence-electron chi connectivity index (χ0n) is 18.9. The van der Waals surface area contributed by atoms with Crippen molar-refractivity contribution in [1.29, 1.82) is 0 Å². The average molecular weight is 456 g/mol. The van der Waals surface area contributed by atoms with Crippen molar-refractivity contribution in [3.05, 3.63) is 58.6 Å². The molecule has 0 aromatic heterocycles. The summed E-state index contributed by atoms with van der Waals surface area (Å²) in [4.78, 5) is 15.6. The van der Waals surface area contributed by atoms with Crippen LogP contribution in [0, 0.1) is 5.92 Å². The lowest BCUT2D eigenvalue weighted by molar-refractivity contribution is -0.134. The number of rotatable bonds is 6. The monoisotopic (exact) mass is 455 g/mol. The maximum atomic E-state index is 13.4. The fraction of sp³-hybridized carbons (Fsp3) is 0.440. The number of methoxy groups -OCH3 is 2. The van der Waals surface area contributed by atoms with Gasteiger partial charge in [0.25, 0.3) is 5.91 Å². The largest absolute Gasteiger partial charge is 0.497 e. The van der Waals surface area contributed by atoms with Gasteiger partial charge in [0.15, 0.2) is 0 Å². The van der Waals surface area contributed by atoms with Crippen molar-refractivity contribution >= 4 is 23.2 Å². The van der Waals surface area contributed by atoms with Crippen molar-refractivity contribution in [1.82, 2.24) is 9.91 Å². The van der Waals surface area contributed by atoms with E-state index < -0.39 is 0 Å². The summed E-state index contributed by atoms with van der Waals surface area (Å²) >= 11 is 6.53. The molecule has 2 aliphatic rings. The predicted octanol–water partition coefficient (Wildman–Crippen LogP) is 4.77. The average Bonchev–Trinajstić information content (AvgIpc) is 3.25. The van der Waals surface area contributed by atoms with Crippen LogP contribution in [0.3, 0.4) is 0 Å². The van der Waals surface area contributed by atoms with Crippen molar-refractivity contribution in [3.8, 4) is 11.5 Å². The summed E-state index contributed by atoms with van der Waals surface area (Å²) in [5, 5.41) is 7.06. The van der Waals surface area contributed by atoms with E-state index in [1.165, 1.54) is 0 Å². The van der Waals surface area contributed by atoms with E-state index in [2.05, 4.69) is 11.8 Å². The third kappa shape index (κ3) is 4.76. The highest BCUT2D eigenvalue weighted by Gasteiger charge is 2.36. The van der Waals surface area contributed by atoms with Gasteiger partial charge in [0.05, 0.1) is 32.5 Å². The lowest BCUT2D eigenvalue weighted by atomic mass is 9.97. The summed E-state index contributed by atoms with van der Waals surface area (Å²) in [6.45, 7) is 4.52. The van der Waals surface area contributed by atoms with Gasteiger partial charge in [-0.05, 0) is 55.6 Å². The second-order valence-electron chi connectivity index (χ2n) is 8.55.